The molecule has 2 atom stereocenters. The monoisotopic (exact) mass is 234 g/mol. The van der Waals surface area contributed by atoms with Gasteiger partial charge in [-0.3, -0.25) is 9.78 Å². The van der Waals surface area contributed by atoms with E-state index in [1.165, 1.54) is 0 Å². The molecule has 0 bridgehead atoms. The molecular weight excluding hydrogens is 220 g/mol. The first-order chi connectivity index (χ1) is 8.13. The third kappa shape index (κ3) is 1.68. The lowest BCUT2D eigenvalue weighted by atomic mass is 10.1. The molecule has 0 radical (unpaired) electrons. The Labute approximate surface area is 96.6 Å². The fraction of sp³-hybridized carbons (Fsp3) is 0.500. The third-order valence-electron chi connectivity index (χ3n) is 3.26. The fourth-order valence-electron chi connectivity index (χ4n) is 2.40. The Morgan fingerprint density at radius 2 is 2.06 bits per heavy atom. The molecule has 7 heteroatoms. The molecule has 7 nitrogen and oxygen atoms in total. The largest absolute Gasteiger partial charge is 0.369 e. The van der Waals surface area contributed by atoms with E-state index in [0.29, 0.717) is 17.1 Å². The molecule has 2 heterocycles. The van der Waals surface area contributed by atoms with Gasteiger partial charge in [0, 0.05) is 12.0 Å². The van der Waals surface area contributed by atoms with Crippen molar-refractivity contribution < 1.29 is 0 Å². The van der Waals surface area contributed by atoms with Crippen molar-refractivity contribution in [2.75, 3.05) is 5.73 Å². The van der Waals surface area contributed by atoms with Gasteiger partial charge in [0.1, 0.15) is 5.82 Å². The van der Waals surface area contributed by atoms with Gasteiger partial charge in [-0.05, 0) is 19.3 Å². The second-order valence-corrected chi connectivity index (χ2v) is 4.54. The molecule has 0 aromatic carbocycles. The summed E-state index contributed by atoms with van der Waals surface area (Å²) in [4.78, 5) is 25.4. The van der Waals surface area contributed by atoms with Gasteiger partial charge in [-0.15, -0.1) is 0 Å². The summed E-state index contributed by atoms with van der Waals surface area (Å²) in [6, 6.07) is 0.226. The SMILES string of the molecule is Nc1nc2nc(C3CCC(N)C3)[nH]c2c(=O)[nH]1. The Bertz CT molecular complexity index is 615. The number of imidazole rings is 1. The highest BCUT2D eigenvalue weighted by Crippen LogP contribution is 2.32. The van der Waals surface area contributed by atoms with Crippen molar-refractivity contribution in [2.24, 2.45) is 5.73 Å². The van der Waals surface area contributed by atoms with Crippen molar-refractivity contribution in [3.05, 3.63) is 16.2 Å². The molecule has 1 fully saturated rings. The maximum atomic E-state index is 11.6. The van der Waals surface area contributed by atoms with Crippen LogP contribution in [0.2, 0.25) is 0 Å². The molecule has 90 valence electrons. The number of hydrogen-bond acceptors (Lipinski definition) is 5. The Morgan fingerprint density at radius 1 is 1.24 bits per heavy atom. The van der Waals surface area contributed by atoms with Gasteiger partial charge >= 0.3 is 0 Å². The summed E-state index contributed by atoms with van der Waals surface area (Å²) in [7, 11) is 0. The summed E-state index contributed by atoms with van der Waals surface area (Å²) >= 11 is 0. The first-order valence-electron chi connectivity index (χ1n) is 5.64. The summed E-state index contributed by atoms with van der Waals surface area (Å²) in [5.74, 6) is 1.17. The number of aromatic amines is 2. The van der Waals surface area contributed by atoms with Crippen molar-refractivity contribution in [3.63, 3.8) is 0 Å². The number of nitrogens with two attached hydrogens (primary N) is 2. The van der Waals surface area contributed by atoms with Gasteiger partial charge in [0.2, 0.25) is 5.95 Å². The minimum absolute atomic E-state index is 0.0867. The number of fused-ring (bicyclic) bond motifs is 1. The van der Waals surface area contributed by atoms with Crippen LogP contribution < -0.4 is 17.0 Å². The number of rotatable bonds is 1. The molecule has 0 spiro atoms. The Balaban J connectivity index is 2.08. The van der Waals surface area contributed by atoms with Crippen LogP contribution in [-0.2, 0) is 0 Å². The maximum Gasteiger partial charge on any atom is 0.278 e. The van der Waals surface area contributed by atoms with Crippen LogP contribution in [0.1, 0.15) is 31.0 Å². The highest BCUT2D eigenvalue weighted by Gasteiger charge is 2.26. The molecular formula is C10H14N6O. The molecule has 1 aliphatic rings. The van der Waals surface area contributed by atoms with Crippen LogP contribution in [0.4, 0.5) is 5.95 Å². The molecule has 17 heavy (non-hydrogen) atoms. The highest BCUT2D eigenvalue weighted by atomic mass is 16.1. The van der Waals surface area contributed by atoms with Crippen LogP contribution in [0.3, 0.4) is 0 Å². The van der Waals surface area contributed by atoms with E-state index in [9.17, 15) is 4.79 Å². The zero-order valence-corrected chi connectivity index (χ0v) is 9.23. The number of nitrogens with one attached hydrogen (secondary N) is 2. The molecule has 0 amide bonds. The van der Waals surface area contributed by atoms with E-state index in [4.69, 9.17) is 11.5 Å². The van der Waals surface area contributed by atoms with Gasteiger partial charge in [0.05, 0.1) is 0 Å². The summed E-state index contributed by atoms with van der Waals surface area (Å²) in [5, 5.41) is 0. The van der Waals surface area contributed by atoms with Crippen molar-refractivity contribution in [3.8, 4) is 0 Å². The Morgan fingerprint density at radius 3 is 2.76 bits per heavy atom. The Hall–Kier alpha value is -1.89. The van der Waals surface area contributed by atoms with Gasteiger partial charge in [0.15, 0.2) is 11.2 Å². The minimum atomic E-state index is -0.284. The minimum Gasteiger partial charge on any atom is -0.369 e. The van der Waals surface area contributed by atoms with Crippen LogP contribution in [0, 0.1) is 0 Å². The second kappa shape index (κ2) is 3.56. The molecule has 1 aliphatic carbocycles. The zero-order valence-electron chi connectivity index (χ0n) is 9.23. The summed E-state index contributed by atoms with van der Waals surface area (Å²) in [6.45, 7) is 0. The van der Waals surface area contributed by atoms with E-state index in [1.54, 1.807) is 0 Å². The number of aromatic nitrogens is 4. The average molecular weight is 234 g/mol. The molecule has 3 rings (SSSR count). The van der Waals surface area contributed by atoms with Gasteiger partial charge < -0.3 is 16.5 Å². The number of nitrogens with zero attached hydrogens (tertiary/aromatic N) is 2. The van der Waals surface area contributed by atoms with Crippen LogP contribution in [0.25, 0.3) is 11.2 Å². The lowest BCUT2D eigenvalue weighted by molar-refractivity contribution is 0.651. The second-order valence-electron chi connectivity index (χ2n) is 4.54. The van der Waals surface area contributed by atoms with Crippen LogP contribution in [0.5, 0.6) is 0 Å². The van der Waals surface area contributed by atoms with Crippen molar-refractivity contribution in [1.29, 1.82) is 0 Å². The number of hydrogen-bond donors (Lipinski definition) is 4. The van der Waals surface area contributed by atoms with E-state index in [0.717, 1.165) is 25.1 Å². The van der Waals surface area contributed by atoms with E-state index in [2.05, 4.69) is 19.9 Å². The predicted octanol–water partition coefficient (Wildman–Crippen LogP) is -0.177. The van der Waals surface area contributed by atoms with Crippen molar-refractivity contribution in [2.45, 2.75) is 31.2 Å². The molecule has 1 saturated carbocycles. The summed E-state index contributed by atoms with van der Waals surface area (Å²) in [5.41, 5.74) is 11.8. The molecule has 6 N–H and O–H groups in total. The topological polar surface area (TPSA) is 126 Å². The molecule has 0 aliphatic heterocycles. The van der Waals surface area contributed by atoms with E-state index in [1.807, 2.05) is 0 Å². The third-order valence-corrected chi connectivity index (χ3v) is 3.26. The molecule has 0 saturated heterocycles. The van der Waals surface area contributed by atoms with E-state index in [-0.39, 0.29) is 17.5 Å². The molecule has 2 aromatic rings. The maximum absolute atomic E-state index is 11.6. The van der Waals surface area contributed by atoms with Gasteiger partial charge in [-0.25, -0.2) is 4.98 Å². The van der Waals surface area contributed by atoms with Crippen molar-refractivity contribution in [1.82, 2.24) is 19.9 Å². The number of H-pyrrole nitrogens is 2. The van der Waals surface area contributed by atoms with Crippen molar-refractivity contribution >= 4 is 17.1 Å². The number of nitrogen functional groups attached to an aromatic ring is 1. The van der Waals surface area contributed by atoms with Crippen LogP contribution in [0.15, 0.2) is 4.79 Å². The standard InChI is InChI=1S/C10H14N6O/c11-5-2-1-4(3-5)7-13-6-8(14-7)15-10(12)16-9(6)17/h4-5H,1-3,11H2,(H4,12,13,14,15,16,17). The summed E-state index contributed by atoms with van der Waals surface area (Å²) in [6.07, 6.45) is 2.88. The quantitative estimate of drug-likeness (QED) is 0.544. The molecule has 2 unspecified atom stereocenters. The first-order valence-corrected chi connectivity index (χ1v) is 5.64. The predicted molar refractivity (Wildman–Crippen MR) is 63.5 cm³/mol. The lowest BCUT2D eigenvalue weighted by Crippen LogP contribution is -2.14. The zero-order chi connectivity index (χ0) is 12.0. The first kappa shape index (κ1) is 10.3. The normalized spacial score (nSPS) is 24.5. The fourth-order valence-corrected chi connectivity index (χ4v) is 2.40. The van der Waals surface area contributed by atoms with Gasteiger partial charge in [-0.2, -0.15) is 4.98 Å². The highest BCUT2D eigenvalue weighted by molar-refractivity contribution is 5.70. The summed E-state index contributed by atoms with van der Waals surface area (Å²) < 4.78 is 0. The van der Waals surface area contributed by atoms with Crippen LogP contribution >= 0.6 is 0 Å². The molecule has 2 aromatic heterocycles. The van der Waals surface area contributed by atoms with Crippen LogP contribution in [-0.4, -0.2) is 26.0 Å². The lowest BCUT2D eigenvalue weighted by Gasteiger charge is -2.03. The van der Waals surface area contributed by atoms with E-state index < -0.39 is 0 Å². The van der Waals surface area contributed by atoms with Gasteiger partial charge in [-0.1, -0.05) is 0 Å². The van der Waals surface area contributed by atoms with Gasteiger partial charge in [0.25, 0.3) is 5.56 Å². The number of anilines is 1. The smallest absolute Gasteiger partial charge is 0.278 e. The van der Waals surface area contributed by atoms with E-state index >= 15 is 0 Å². The average Bonchev–Trinajstić information content (AvgIpc) is 2.83. The Kier molecular flexibility index (Phi) is 2.15.